The van der Waals surface area contributed by atoms with Crippen molar-refractivity contribution >= 4 is 11.0 Å². The molecule has 0 atom stereocenters. The molecule has 1 aromatic heterocycles. The van der Waals surface area contributed by atoms with Crippen molar-refractivity contribution in [3.8, 4) is 0 Å². The summed E-state index contributed by atoms with van der Waals surface area (Å²) in [6.07, 6.45) is 1.62. The summed E-state index contributed by atoms with van der Waals surface area (Å²) >= 11 is 0. The monoisotopic (exact) mass is 176 g/mol. The number of para-hydroxylation sites is 1. The highest BCUT2D eigenvalue weighted by atomic mass is 16.3. The molecule has 2 heteroatoms. The van der Waals surface area contributed by atoms with Crippen molar-refractivity contribution in [3.05, 3.63) is 36.1 Å². The van der Waals surface area contributed by atoms with Gasteiger partial charge in [0, 0.05) is 10.9 Å². The molecule has 13 heavy (non-hydrogen) atoms. The third-order valence-electron chi connectivity index (χ3n) is 2.14. The van der Waals surface area contributed by atoms with Crippen LogP contribution < -0.4 is 0 Å². The van der Waals surface area contributed by atoms with Crippen LogP contribution in [-0.2, 0) is 5.60 Å². The number of aliphatic hydroxyl groups is 1. The molecule has 2 aromatic rings. The normalized spacial score (nSPS) is 12.2. The van der Waals surface area contributed by atoms with Gasteiger partial charge in [0.25, 0.3) is 0 Å². The van der Waals surface area contributed by atoms with Crippen LogP contribution >= 0.6 is 0 Å². The lowest BCUT2D eigenvalue weighted by atomic mass is 9.98. The number of rotatable bonds is 1. The van der Waals surface area contributed by atoms with Crippen LogP contribution in [0.3, 0.4) is 0 Å². The van der Waals surface area contributed by atoms with Crippen LogP contribution in [0.25, 0.3) is 11.0 Å². The zero-order valence-corrected chi connectivity index (χ0v) is 7.74. The van der Waals surface area contributed by atoms with Gasteiger partial charge < -0.3 is 9.52 Å². The summed E-state index contributed by atoms with van der Waals surface area (Å²) in [5.74, 6) is 0. The van der Waals surface area contributed by atoms with Crippen LogP contribution in [0.15, 0.2) is 34.9 Å². The molecule has 1 N–H and O–H groups in total. The SMILES string of the molecule is CC(C)(O)c1coc2ccccc12. The fraction of sp³-hybridized carbons (Fsp3) is 0.273. The lowest BCUT2D eigenvalue weighted by Crippen LogP contribution is -2.14. The molecule has 0 radical (unpaired) electrons. The summed E-state index contributed by atoms with van der Waals surface area (Å²) in [7, 11) is 0. The predicted octanol–water partition coefficient (Wildman–Crippen LogP) is 2.66. The molecule has 0 bridgehead atoms. The third kappa shape index (κ3) is 1.33. The molecule has 68 valence electrons. The average molecular weight is 176 g/mol. The molecule has 0 aliphatic carbocycles. The van der Waals surface area contributed by atoms with Gasteiger partial charge in [-0.3, -0.25) is 0 Å². The van der Waals surface area contributed by atoms with Crippen molar-refractivity contribution in [2.24, 2.45) is 0 Å². The highest BCUT2D eigenvalue weighted by Crippen LogP contribution is 2.29. The Morgan fingerprint density at radius 3 is 2.62 bits per heavy atom. The van der Waals surface area contributed by atoms with Crippen LogP contribution in [0, 0.1) is 0 Å². The highest BCUT2D eigenvalue weighted by molar-refractivity contribution is 5.81. The van der Waals surface area contributed by atoms with E-state index in [0.717, 1.165) is 16.5 Å². The quantitative estimate of drug-likeness (QED) is 0.724. The van der Waals surface area contributed by atoms with Crippen molar-refractivity contribution in [3.63, 3.8) is 0 Å². The Morgan fingerprint density at radius 2 is 1.92 bits per heavy atom. The van der Waals surface area contributed by atoms with Crippen LogP contribution in [0.1, 0.15) is 19.4 Å². The predicted molar refractivity (Wildman–Crippen MR) is 51.5 cm³/mol. The zero-order chi connectivity index (χ0) is 9.47. The van der Waals surface area contributed by atoms with E-state index in [1.54, 1.807) is 20.1 Å². The summed E-state index contributed by atoms with van der Waals surface area (Å²) in [5.41, 5.74) is 0.815. The van der Waals surface area contributed by atoms with Gasteiger partial charge in [0.05, 0.1) is 11.9 Å². The first-order chi connectivity index (χ1) is 6.09. The molecule has 0 aliphatic heterocycles. The van der Waals surface area contributed by atoms with E-state index in [-0.39, 0.29) is 0 Å². The molecule has 0 aliphatic rings. The van der Waals surface area contributed by atoms with Crippen molar-refractivity contribution < 1.29 is 9.52 Å². The van der Waals surface area contributed by atoms with E-state index in [9.17, 15) is 5.11 Å². The average Bonchev–Trinajstić information content (AvgIpc) is 2.45. The van der Waals surface area contributed by atoms with Gasteiger partial charge in [-0.15, -0.1) is 0 Å². The number of hydrogen-bond acceptors (Lipinski definition) is 2. The zero-order valence-electron chi connectivity index (χ0n) is 7.74. The molecule has 0 saturated heterocycles. The van der Waals surface area contributed by atoms with E-state index in [1.165, 1.54) is 0 Å². The standard InChI is InChI=1S/C11H12O2/c1-11(2,12)9-7-13-10-6-4-3-5-8(9)10/h3-7,12H,1-2H3. The fourth-order valence-electron chi connectivity index (χ4n) is 1.45. The topological polar surface area (TPSA) is 33.4 Å². The van der Waals surface area contributed by atoms with Crippen molar-refractivity contribution in [2.75, 3.05) is 0 Å². The molecular formula is C11H12O2. The van der Waals surface area contributed by atoms with E-state index in [1.807, 2.05) is 24.3 Å². The molecular weight excluding hydrogens is 164 g/mol. The van der Waals surface area contributed by atoms with E-state index in [4.69, 9.17) is 4.42 Å². The Kier molecular flexibility index (Phi) is 1.67. The van der Waals surface area contributed by atoms with Gasteiger partial charge >= 0.3 is 0 Å². The summed E-state index contributed by atoms with van der Waals surface area (Å²) in [5, 5.41) is 10.8. The lowest BCUT2D eigenvalue weighted by Gasteiger charge is -2.14. The van der Waals surface area contributed by atoms with Gasteiger partial charge in [0.1, 0.15) is 5.58 Å². The molecule has 1 heterocycles. The maximum Gasteiger partial charge on any atom is 0.134 e. The second-order valence-corrected chi connectivity index (χ2v) is 3.70. The lowest BCUT2D eigenvalue weighted by molar-refractivity contribution is 0.0792. The van der Waals surface area contributed by atoms with Crippen LogP contribution in [-0.4, -0.2) is 5.11 Å². The van der Waals surface area contributed by atoms with Crippen molar-refractivity contribution in [1.29, 1.82) is 0 Å². The van der Waals surface area contributed by atoms with E-state index in [0.29, 0.717) is 0 Å². The van der Waals surface area contributed by atoms with Crippen molar-refractivity contribution in [1.82, 2.24) is 0 Å². The van der Waals surface area contributed by atoms with Gasteiger partial charge in [-0.1, -0.05) is 18.2 Å². The van der Waals surface area contributed by atoms with E-state index in [2.05, 4.69) is 0 Å². The second kappa shape index (κ2) is 2.60. The Morgan fingerprint density at radius 1 is 1.23 bits per heavy atom. The summed E-state index contributed by atoms with van der Waals surface area (Å²) in [4.78, 5) is 0. The molecule has 2 nitrogen and oxygen atoms in total. The first-order valence-corrected chi connectivity index (χ1v) is 4.28. The minimum Gasteiger partial charge on any atom is -0.464 e. The van der Waals surface area contributed by atoms with Crippen LogP contribution in [0.4, 0.5) is 0 Å². The Balaban J connectivity index is 2.72. The maximum atomic E-state index is 9.82. The highest BCUT2D eigenvalue weighted by Gasteiger charge is 2.20. The van der Waals surface area contributed by atoms with Gasteiger partial charge in [0.15, 0.2) is 0 Å². The Labute approximate surface area is 76.8 Å². The Bertz CT molecular complexity index is 421. The van der Waals surface area contributed by atoms with Gasteiger partial charge in [-0.2, -0.15) is 0 Å². The largest absolute Gasteiger partial charge is 0.464 e. The first kappa shape index (κ1) is 8.32. The van der Waals surface area contributed by atoms with Crippen LogP contribution in [0.5, 0.6) is 0 Å². The molecule has 2 rings (SSSR count). The summed E-state index contributed by atoms with van der Waals surface area (Å²) in [6.45, 7) is 3.51. The first-order valence-electron chi connectivity index (χ1n) is 4.28. The Hall–Kier alpha value is -1.28. The van der Waals surface area contributed by atoms with Crippen LogP contribution in [0.2, 0.25) is 0 Å². The molecule has 1 aromatic carbocycles. The number of furan rings is 1. The third-order valence-corrected chi connectivity index (χ3v) is 2.14. The molecule has 0 spiro atoms. The minimum atomic E-state index is -0.841. The number of hydrogen-bond donors (Lipinski definition) is 1. The fourth-order valence-corrected chi connectivity index (χ4v) is 1.45. The van der Waals surface area contributed by atoms with Crippen molar-refractivity contribution in [2.45, 2.75) is 19.4 Å². The van der Waals surface area contributed by atoms with Gasteiger partial charge in [-0.25, -0.2) is 0 Å². The summed E-state index contributed by atoms with van der Waals surface area (Å²) in [6, 6.07) is 7.70. The van der Waals surface area contributed by atoms with Gasteiger partial charge in [0.2, 0.25) is 0 Å². The van der Waals surface area contributed by atoms with E-state index < -0.39 is 5.60 Å². The van der Waals surface area contributed by atoms with Gasteiger partial charge in [-0.05, 0) is 19.9 Å². The number of benzene rings is 1. The molecule has 0 amide bonds. The summed E-state index contributed by atoms with van der Waals surface area (Å²) < 4.78 is 5.32. The smallest absolute Gasteiger partial charge is 0.134 e. The minimum absolute atomic E-state index is 0.819. The van der Waals surface area contributed by atoms with E-state index >= 15 is 0 Å². The second-order valence-electron chi connectivity index (χ2n) is 3.70. The molecule has 0 fully saturated rings. The number of fused-ring (bicyclic) bond motifs is 1. The molecule has 0 saturated carbocycles. The maximum absolute atomic E-state index is 9.82. The molecule has 0 unspecified atom stereocenters.